The van der Waals surface area contributed by atoms with Crippen LogP contribution in [0.1, 0.15) is 6.42 Å². The number of likely N-dealkylation sites (N-methyl/N-ethyl adjacent to an activating group) is 1. The molecule has 2 N–H and O–H groups in total. The van der Waals surface area contributed by atoms with Gasteiger partial charge in [0.05, 0.1) is 29.7 Å². The fourth-order valence-corrected chi connectivity index (χ4v) is 4.61. The first kappa shape index (κ1) is 27.2. The Morgan fingerprint density at radius 2 is 1.95 bits per heavy atom. The molecule has 2 aromatic carbocycles. The summed E-state index contributed by atoms with van der Waals surface area (Å²) in [5.41, 5.74) is 2.85. The van der Waals surface area contributed by atoms with E-state index in [9.17, 15) is 9.18 Å². The number of fused-ring (bicyclic) bond motifs is 1. The predicted octanol–water partition coefficient (Wildman–Crippen LogP) is 4.72. The molecule has 206 valence electrons. The number of hydrogen-bond donors (Lipinski definition) is 2. The van der Waals surface area contributed by atoms with Crippen LogP contribution in [-0.2, 0) is 4.79 Å². The van der Waals surface area contributed by atoms with Crippen LogP contribution < -0.4 is 15.4 Å². The molecule has 5 rings (SSSR count). The molecule has 0 atom stereocenters. The maximum atomic E-state index is 14.4. The molecule has 0 radical (unpaired) electrons. The van der Waals surface area contributed by atoms with Crippen LogP contribution in [0.15, 0.2) is 73.8 Å². The molecule has 0 aliphatic carbocycles. The number of aromatic nitrogens is 3. The molecular weight excluding hydrogens is 509 g/mol. The van der Waals surface area contributed by atoms with Crippen molar-refractivity contribution in [3.05, 3.63) is 79.7 Å². The van der Waals surface area contributed by atoms with E-state index in [0.717, 1.165) is 39.1 Å². The highest BCUT2D eigenvalue weighted by molar-refractivity contribution is 6.03. The van der Waals surface area contributed by atoms with Gasteiger partial charge in [0.1, 0.15) is 23.7 Å². The van der Waals surface area contributed by atoms with Crippen LogP contribution in [0.3, 0.4) is 0 Å². The van der Waals surface area contributed by atoms with Crippen molar-refractivity contribution < 1.29 is 13.9 Å². The molecule has 4 aromatic rings. The lowest BCUT2D eigenvalue weighted by Crippen LogP contribution is -2.44. The molecule has 10 heteroatoms. The highest BCUT2D eigenvalue weighted by Gasteiger charge is 2.16. The zero-order valence-corrected chi connectivity index (χ0v) is 22.4. The molecule has 0 unspecified atom stereocenters. The number of benzene rings is 2. The first-order valence-corrected chi connectivity index (χ1v) is 13.2. The molecule has 1 amide bonds. The van der Waals surface area contributed by atoms with Crippen molar-refractivity contribution in [1.82, 2.24) is 24.8 Å². The third-order valence-electron chi connectivity index (χ3n) is 6.84. The van der Waals surface area contributed by atoms with E-state index in [1.54, 1.807) is 48.8 Å². The van der Waals surface area contributed by atoms with E-state index >= 15 is 0 Å². The summed E-state index contributed by atoms with van der Waals surface area (Å²) in [6.07, 6.45) is 6.77. The minimum absolute atomic E-state index is 0.326. The number of amides is 1. The van der Waals surface area contributed by atoms with Crippen molar-refractivity contribution in [2.75, 3.05) is 57.0 Å². The number of carbonyl (C=O) groups excluding carboxylic acids is 1. The molecule has 40 heavy (non-hydrogen) atoms. The van der Waals surface area contributed by atoms with Gasteiger partial charge >= 0.3 is 0 Å². The van der Waals surface area contributed by atoms with Gasteiger partial charge in [-0.3, -0.25) is 9.78 Å². The molecule has 1 saturated heterocycles. The van der Waals surface area contributed by atoms with Gasteiger partial charge in [-0.2, -0.15) is 0 Å². The summed E-state index contributed by atoms with van der Waals surface area (Å²) in [7, 11) is 2.14. The molecule has 1 fully saturated rings. The van der Waals surface area contributed by atoms with Gasteiger partial charge in [-0.25, -0.2) is 14.4 Å². The van der Waals surface area contributed by atoms with Gasteiger partial charge in [-0.05, 0) is 37.7 Å². The van der Waals surface area contributed by atoms with E-state index in [2.05, 4.69) is 49.0 Å². The third-order valence-corrected chi connectivity index (χ3v) is 6.84. The Morgan fingerprint density at radius 3 is 2.75 bits per heavy atom. The van der Waals surface area contributed by atoms with Crippen molar-refractivity contribution >= 4 is 34.0 Å². The number of rotatable bonds is 10. The summed E-state index contributed by atoms with van der Waals surface area (Å²) in [4.78, 5) is 30.1. The highest BCUT2D eigenvalue weighted by atomic mass is 19.1. The lowest BCUT2D eigenvalue weighted by molar-refractivity contribution is -0.111. The summed E-state index contributed by atoms with van der Waals surface area (Å²) in [5, 5.41) is 6.77. The Kier molecular flexibility index (Phi) is 8.58. The van der Waals surface area contributed by atoms with Crippen LogP contribution in [0.4, 0.5) is 21.6 Å². The molecular formula is C30H32FN7O2. The molecule has 1 aliphatic rings. The zero-order valence-electron chi connectivity index (χ0n) is 22.4. The summed E-state index contributed by atoms with van der Waals surface area (Å²) in [6, 6.07) is 11.9. The number of nitrogens with zero attached hydrogens (tertiary/aromatic N) is 5. The Labute approximate surface area is 232 Å². The number of pyridine rings is 1. The van der Waals surface area contributed by atoms with Crippen molar-refractivity contribution in [3.8, 4) is 16.9 Å². The molecule has 3 heterocycles. The average molecular weight is 542 g/mol. The number of hydrogen-bond acceptors (Lipinski definition) is 8. The van der Waals surface area contributed by atoms with Gasteiger partial charge in [0.25, 0.3) is 0 Å². The molecule has 9 nitrogen and oxygen atoms in total. The van der Waals surface area contributed by atoms with Gasteiger partial charge in [0.15, 0.2) is 0 Å². The molecule has 2 aromatic heterocycles. The van der Waals surface area contributed by atoms with Crippen molar-refractivity contribution in [3.63, 3.8) is 0 Å². The smallest absolute Gasteiger partial charge is 0.247 e. The van der Waals surface area contributed by atoms with Gasteiger partial charge in [0.2, 0.25) is 5.91 Å². The van der Waals surface area contributed by atoms with E-state index in [-0.39, 0.29) is 11.7 Å². The second-order valence-corrected chi connectivity index (χ2v) is 9.70. The normalized spacial score (nSPS) is 14.2. The van der Waals surface area contributed by atoms with Gasteiger partial charge in [-0.1, -0.05) is 24.8 Å². The topological polar surface area (TPSA) is 95.5 Å². The van der Waals surface area contributed by atoms with E-state index in [0.29, 0.717) is 51.6 Å². The van der Waals surface area contributed by atoms with Crippen molar-refractivity contribution in [1.29, 1.82) is 0 Å². The van der Waals surface area contributed by atoms with Crippen LogP contribution >= 0.6 is 0 Å². The second kappa shape index (κ2) is 12.6. The van der Waals surface area contributed by atoms with Crippen LogP contribution in [0.5, 0.6) is 5.75 Å². The van der Waals surface area contributed by atoms with Gasteiger partial charge in [0, 0.05) is 61.5 Å². The third kappa shape index (κ3) is 6.59. The largest absolute Gasteiger partial charge is 0.491 e. The van der Waals surface area contributed by atoms with Crippen molar-refractivity contribution in [2.24, 2.45) is 0 Å². The number of anilines is 3. The minimum atomic E-state index is -0.352. The number of piperazine rings is 1. The Balaban J connectivity index is 1.37. The fraction of sp³-hybridized carbons (Fsp3) is 0.267. The van der Waals surface area contributed by atoms with Gasteiger partial charge < -0.3 is 25.2 Å². The summed E-state index contributed by atoms with van der Waals surface area (Å²) in [5.74, 6) is 0.351. The Hall–Kier alpha value is -4.41. The SMILES string of the molecule is C=CC(=O)Nc1cc2c(Nc3cncc(-c4ccccc4F)c3)ncnc2cc1OCCCN1CCN(C)CC1. The van der Waals surface area contributed by atoms with Crippen LogP contribution in [0, 0.1) is 5.82 Å². The molecule has 0 saturated carbocycles. The van der Waals surface area contributed by atoms with E-state index in [4.69, 9.17) is 4.74 Å². The quantitative estimate of drug-likeness (QED) is 0.220. The number of nitrogens with one attached hydrogen (secondary N) is 2. The molecule has 1 aliphatic heterocycles. The number of carbonyl (C=O) groups is 1. The standard InChI is InChI=1S/C30H32FN7O2/c1-3-29(39)36-27-16-24-26(17-28(27)40-14-6-9-38-12-10-37(2)11-13-38)33-20-34-30(24)35-22-15-21(18-32-19-22)23-7-4-5-8-25(23)31/h3-5,7-8,15-20H,1,6,9-14H2,2H3,(H,36,39)(H,33,34,35). The van der Waals surface area contributed by atoms with Crippen molar-refractivity contribution in [2.45, 2.75) is 6.42 Å². The second-order valence-electron chi connectivity index (χ2n) is 9.70. The lowest BCUT2D eigenvalue weighted by Gasteiger charge is -2.32. The zero-order chi connectivity index (χ0) is 27.9. The predicted molar refractivity (Wildman–Crippen MR) is 155 cm³/mol. The van der Waals surface area contributed by atoms with E-state index in [1.165, 1.54) is 18.5 Å². The van der Waals surface area contributed by atoms with Crippen LogP contribution in [0.25, 0.3) is 22.0 Å². The fourth-order valence-electron chi connectivity index (χ4n) is 4.61. The first-order chi connectivity index (χ1) is 19.5. The molecule has 0 bridgehead atoms. The summed E-state index contributed by atoms with van der Waals surface area (Å²) >= 11 is 0. The average Bonchev–Trinajstić information content (AvgIpc) is 2.97. The van der Waals surface area contributed by atoms with Crippen LogP contribution in [-0.4, -0.2) is 77.0 Å². The number of halogens is 1. The monoisotopic (exact) mass is 541 g/mol. The summed E-state index contributed by atoms with van der Waals surface area (Å²) in [6.45, 7) is 9.26. The number of ether oxygens (including phenoxy) is 1. The van der Waals surface area contributed by atoms with E-state index < -0.39 is 0 Å². The molecule has 0 spiro atoms. The highest BCUT2D eigenvalue weighted by Crippen LogP contribution is 2.34. The first-order valence-electron chi connectivity index (χ1n) is 13.2. The van der Waals surface area contributed by atoms with Crippen LogP contribution in [0.2, 0.25) is 0 Å². The maximum absolute atomic E-state index is 14.4. The maximum Gasteiger partial charge on any atom is 0.247 e. The minimum Gasteiger partial charge on any atom is -0.491 e. The Morgan fingerprint density at radius 1 is 1.12 bits per heavy atom. The van der Waals surface area contributed by atoms with Gasteiger partial charge in [-0.15, -0.1) is 0 Å². The van der Waals surface area contributed by atoms with E-state index in [1.807, 2.05) is 0 Å². The summed E-state index contributed by atoms with van der Waals surface area (Å²) < 4.78 is 20.5. The lowest BCUT2D eigenvalue weighted by atomic mass is 10.1. The Bertz CT molecular complexity index is 1500.